The van der Waals surface area contributed by atoms with E-state index in [1.54, 1.807) is 54.6 Å². The molecule has 5 rings (SSSR count). The van der Waals surface area contributed by atoms with E-state index in [-0.39, 0.29) is 22.5 Å². The van der Waals surface area contributed by atoms with Crippen LogP contribution in [0.2, 0.25) is 10.0 Å². The summed E-state index contributed by atoms with van der Waals surface area (Å²) < 4.78 is 34.8. The number of nitrogens with zero attached hydrogens (tertiary/aromatic N) is 1. The normalized spacial score (nSPS) is 19.6. The van der Waals surface area contributed by atoms with Crippen LogP contribution in [0.4, 0.5) is 5.69 Å². The van der Waals surface area contributed by atoms with Gasteiger partial charge >= 0.3 is 0 Å². The van der Waals surface area contributed by atoms with Gasteiger partial charge in [0.2, 0.25) is 0 Å². The average Bonchev–Trinajstić information content (AvgIpc) is 3.49. The maximum atomic E-state index is 13.2. The van der Waals surface area contributed by atoms with E-state index in [1.807, 2.05) is 0 Å². The maximum Gasteiger partial charge on any atom is 0.262 e. The van der Waals surface area contributed by atoms with Gasteiger partial charge in [-0.15, -0.1) is 0 Å². The number of benzene rings is 3. The summed E-state index contributed by atoms with van der Waals surface area (Å²) in [6.07, 6.45) is 8.14. The number of carbonyl (C=O) groups excluding carboxylic acids is 1. The Balaban J connectivity index is 1.15. The molecule has 2 aliphatic rings. The maximum absolute atomic E-state index is 13.2. The molecule has 0 radical (unpaired) electrons. The summed E-state index contributed by atoms with van der Waals surface area (Å²) in [6, 6.07) is 17.6. The molecule has 7 nitrogen and oxygen atoms in total. The van der Waals surface area contributed by atoms with E-state index in [0.717, 1.165) is 31.6 Å². The number of para-hydroxylation sites is 2. The second kappa shape index (κ2) is 13.5. The van der Waals surface area contributed by atoms with Gasteiger partial charge in [0.1, 0.15) is 5.75 Å². The van der Waals surface area contributed by atoms with Crippen molar-refractivity contribution in [1.29, 1.82) is 0 Å². The van der Waals surface area contributed by atoms with E-state index < -0.39 is 10.0 Å². The lowest BCUT2D eigenvalue weighted by Gasteiger charge is -2.30. The number of anilines is 1. The fourth-order valence-corrected chi connectivity index (χ4v) is 6.89. The number of nitrogens with one attached hydrogen (secondary N) is 2. The molecule has 0 spiro atoms. The van der Waals surface area contributed by atoms with E-state index in [9.17, 15) is 13.2 Å². The number of hydrogen-bond donors (Lipinski definition) is 2. The monoisotopic (exact) mass is 615 g/mol. The van der Waals surface area contributed by atoms with Gasteiger partial charge in [-0.2, -0.15) is 0 Å². The fourth-order valence-electron chi connectivity index (χ4n) is 5.53. The van der Waals surface area contributed by atoms with E-state index in [1.165, 1.54) is 51.0 Å². The molecule has 41 heavy (non-hydrogen) atoms. The lowest BCUT2D eigenvalue weighted by atomic mass is 9.84. The molecule has 1 saturated carbocycles. The van der Waals surface area contributed by atoms with E-state index in [2.05, 4.69) is 14.9 Å². The molecule has 218 valence electrons. The quantitative estimate of drug-likeness (QED) is 0.249. The van der Waals surface area contributed by atoms with Gasteiger partial charge in [0.25, 0.3) is 15.9 Å². The summed E-state index contributed by atoms with van der Waals surface area (Å²) in [5.41, 5.74) is 0.694. The van der Waals surface area contributed by atoms with Crippen molar-refractivity contribution >= 4 is 44.8 Å². The predicted octanol–water partition coefficient (Wildman–Crippen LogP) is 7.36. The average molecular weight is 617 g/mol. The molecule has 1 aliphatic heterocycles. The smallest absolute Gasteiger partial charge is 0.262 e. The van der Waals surface area contributed by atoms with Crippen molar-refractivity contribution in [2.24, 2.45) is 5.92 Å². The van der Waals surface area contributed by atoms with Crippen molar-refractivity contribution in [1.82, 2.24) is 10.2 Å². The highest BCUT2D eigenvalue weighted by Gasteiger charge is 2.24. The molecule has 0 aromatic heterocycles. The molecule has 1 aliphatic carbocycles. The molecule has 0 atom stereocenters. The van der Waals surface area contributed by atoms with Gasteiger partial charge in [-0.05, 0) is 119 Å². The van der Waals surface area contributed by atoms with Crippen molar-refractivity contribution < 1.29 is 17.9 Å². The Bertz CT molecular complexity index is 1450. The summed E-state index contributed by atoms with van der Waals surface area (Å²) in [6.45, 7) is 3.67. The highest BCUT2D eigenvalue weighted by molar-refractivity contribution is 7.92. The van der Waals surface area contributed by atoms with Crippen LogP contribution in [0.5, 0.6) is 11.5 Å². The Morgan fingerprint density at radius 2 is 1.61 bits per heavy atom. The molecule has 3 aromatic rings. The van der Waals surface area contributed by atoms with Crippen molar-refractivity contribution in [2.75, 3.05) is 24.4 Å². The number of sulfonamides is 1. The first-order chi connectivity index (χ1) is 19.8. The summed E-state index contributed by atoms with van der Waals surface area (Å²) in [5, 5.41) is 3.86. The fraction of sp³-hybridized carbons (Fsp3) is 0.387. The van der Waals surface area contributed by atoms with Crippen LogP contribution in [0, 0.1) is 5.92 Å². The van der Waals surface area contributed by atoms with Crippen LogP contribution in [-0.4, -0.2) is 44.9 Å². The molecule has 3 aromatic carbocycles. The van der Waals surface area contributed by atoms with Crippen molar-refractivity contribution in [3.63, 3.8) is 0 Å². The summed E-state index contributed by atoms with van der Waals surface area (Å²) in [4.78, 5) is 15.5. The first-order valence-electron chi connectivity index (χ1n) is 14.1. The Hall–Kier alpha value is -2.78. The van der Waals surface area contributed by atoms with Crippen LogP contribution in [-0.2, 0) is 10.0 Å². The minimum atomic E-state index is -3.94. The van der Waals surface area contributed by atoms with Gasteiger partial charge in [-0.3, -0.25) is 9.52 Å². The van der Waals surface area contributed by atoms with Gasteiger partial charge in [-0.1, -0.05) is 35.3 Å². The lowest BCUT2D eigenvalue weighted by Crippen LogP contribution is -2.38. The van der Waals surface area contributed by atoms with Crippen LogP contribution >= 0.6 is 23.2 Å². The van der Waals surface area contributed by atoms with E-state index in [4.69, 9.17) is 27.9 Å². The SMILES string of the molecule is O=C(N[C@H]1CC[C@H](CCN2CCCC2)CC1)c1ccc(S(=O)(=O)Nc2ccccc2Oc2ccc(Cl)c(Cl)c2)cc1. The summed E-state index contributed by atoms with van der Waals surface area (Å²) in [7, 11) is -3.94. The number of hydrogen-bond acceptors (Lipinski definition) is 5. The van der Waals surface area contributed by atoms with Crippen LogP contribution in [0.1, 0.15) is 55.3 Å². The molecule has 1 amide bonds. The largest absolute Gasteiger partial charge is 0.455 e. The highest BCUT2D eigenvalue weighted by Crippen LogP contribution is 2.34. The third-order valence-corrected chi connectivity index (χ3v) is 10.0. The molecule has 1 heterocycles. The van der Waals surface area contributed by atoms with Gasteiger partial charge in [0, 0.05) is 17.7 Å². The molecule has 0 unspecified atom stereocenters. The summed E-state index contributed by atoms with van der Waals surface area (Å²) >= 11 is 12.1. The second-order valence-corrected chi connectivity index (χ2v) is 13.3. The molecular formula is C31H35Cl2N3O4S. The molecule has 2 N–H and O–H groups in total. The van der Waals surface area contributed by atoms with E-state index in [0.29, 0.717) is 27.1 Å². The minimum Gasteiger partial charge on any atom is -0.455 e. The zero-order valence-corrected chi connectivity index (χ0v) is 25.1. The standard InChI is InChI=1S/C31H35Cl2N3O4S/c32-27-16-13-25(21-28(27)33)40-30-6-2-1-5-29(30)35-41(38,39)26-14-9-23(10-15-26)31(37)34-24-11-7-22(8-12-24)17-20-36-18-3-4-19-36/h1-2,5-6,9-10,13-16,21-22,24,35H,3-4,7-8,11-12,17-20H2,(H,34,37)/t22-,24-. The van der Waals surface area contributed by atoms with Gasteiger partial charge in [-0.25, -0.2) is 8.42 Å². The Kier molecular flexibility index (Phi) is 9.75. The van der Waals surface area contributed by atoms with E-state index >= 15 is 0 Å². The van der Waals surface area contributed by atoms with Crippen LogP contribution in [0.25, 0.3) is 0 Å². The third kappa shape index (κ3) is 7.95. The Labute approximate surface area is 252 Å². The molecule has 2 fully saturated rings. The van der Waals surface area contributed by atoms with Crippen LogP contribution < -0.4 is 14.8 Å². The Morgan fingerprint density at radius 1 is 0.902 bits per heavy atom. The van der Waals surface area contributed by atoms with Crippen molar-refractivity contribution in [3.05, 3.63) is 82.3 Å². The molecule has 0 bridgehead atoms. The topological polar surface area (TPSA) is 87.7 Å². The minimum absolute atomic E-state index is 0.0388. The number of ether oxygens (including phenoxy) is 1. The molecule has 10 heteroatoms. The predicted molar refractivity (Wildman–Crippen MR) is 164 cm³/mol. The second-order valence-electron chi connectivity index (χ2n) is 10.8. The van der Waals surface area contributed by atoms with Crippen LogP contribution in [0.3, 0.4) is 0 Å². The van der Waals surface area contributed by atoms with Crippen molar-refractivity contribution in [3.8, 4) is 11.5 Å². The number of rotatable bonds is 10. The highest BCUT2D eigenvalue weighted by atomic mass is 35.5. The van der Waals surface area contributed by atoms with Gasteiger partial charge in [0.15, 0.2) is 5.75 Å². The van der Waals surface area contributed by atoms with Gasteiger partial charge in [0.05, 0.1) is 20.6 Å². The number of carbonyl (C=O) groups is 1. The number of amides is 1. The molecular weight excluding hydrogens is 581 g/mol. The first kappa shape index (κ1) is 29.7. The van der Waals surface area contributed by atoms with Crippen LogP contribution in [0.15, 0.2) is 71.6 Å². The summed E-state index contributed by atoms with van der Waals surface area (Å²) in [5.74, 6) is 1.27. The molecule has 1 saturated heterocycles. The lowest BCUT2D eigenvalue weighted by molar-refractivity contribution is 0.0920. The Morgan fingerprint density at radius 3 is 2.32 bits per heavy atom. The van der Waals surface area contributed by atoms with Crippen molar-refractivity contribution in [2.45, 2.75) is 55.9 Å². The zero-order chi connectivity index (χ0) is 28.8. The first-order valence-corrected chi connectivity index (χ1v) is 16.4. The number of halogens is 2. The third-order valence-electron chi connectivity index (χ3n) is 7.91. The van der Waals surface area contributed by atoms with Gasteiger partial charge < -0.3 is 15.0 Å². The number of likely N-dealkylation sites (tertiary alicyclic amines) is 1. The zero-order valence-electron chi connectivity index (χ0n) is 22.8.